The number of hydrogen-bond acceptors (Lipinski definition) is 2. The lowest BCUT2D eigenvalue weighted by atomic mass is 9.80. The molecule has 1 atom stereocenters. The number of amides is 1. The van der Waals surface area contributed by atoms with E-state index < -0.39 is 0 Å². The van der Waals surface area contributed by atoms with Gasteiger partial charge in [0.1, 0.15) is 0 Å². The molecule has 102 valence electrons. The van der Waals surface area contributed by atoms with E-state index in [1.165, 1.54) is 0 Å². The van der Waals surface area contributed by atoms with Crippen molar-refractivity contribution < 1.29 is 4.79 Å². The number of benzene rings is 1. The van der Waals surface area contributed by atoms with Crippen molar-refractivity contribution in [3.8, 4) is 6.07 Å². The zero-order valence-electron chi connectivity index (χ0n) is 12.2. The molecule has 0 spiro atoms. The first kappa shape index (κ1) is 15.2. The summed E-state index contributed by atoms with van der Waals surface area (Å²) in [5.41, 5.74) is 1.71. The molecule has 0 aliphatic heterocycles. The second kappa shape index (κ2) is 6.38. The van der Waals surface area contributed by atoms with Gasteiger partial charge in [-0.3, -0.25) is 4.79 Å². The molecular formula is C16H22N2O. The maximum absolute atomic E-state index is 11.9. The molecule has 1 N–H and O–H groups in total. The topological polar surface area (TPSA) is 52.9 Å². The highest BCUT2D eigenvalue weighted by atomic mass is 16.1. The molecule has 0 aliphatic rings. The Kier molecular flexibility index (Phi) is 5.11. The Morgan fingerprint density at radius 3 is 2.68 bits per heavy atom. The van der Waals surface area contributed by atoms with Gasteiger partial charge < -0.3 is 5.32 Å². The summed E-state index contributed by atoms with van der Waals surface area (Å²) in [5.74, 6) is 0.391. The monoisotopic (exact) mass is 258 g/mol. The van der Waals surface area contributed by atoms with E-state index in [2.05, 4.69) is 39.1 Å². The highest BCUT2D eigenvalue weighted by molar-refractivity contribution is 5.76. The Balaban J connectivity index is 2.49. The minimum atomic E-state index is 0.0600. The number of nitriles is 1. The number of carbonyl (C=O) groups is 1. The smallest absolute Gasteiger partial charge is 0.220 e. The van der Waals surface area contributed by atoms with Gasteiger partial charge in [-0.15, -0.1) is 0 Å². The van der Waals surface area contributed by atoms with Gasteiger partial charge in [-0.05, 0) is 29.0 Å². The van der Waals surface area contributed by atoms with Crippen LogP contribution in [0.4, 0.5) is 0 Å². The number of nitrogens with one attached hydrogen (secondary N) is 1. The molecule has 1 unspecified atom stereocenters. The molecule has 0 radical (unpaired) electrons. The van der Waals surface area contributed by atoms with Gasteiger partial charge in [0.15, 0.2) is 0 Å². The standard InChI is InChI=1S/C16H22N2O/c1-12(16(2,3)4)8-15(19)18-11-14-7-5-6-13(9-14)10-17/h5-7,9,12H,8,11H2,1-4H3,(H,18,19). The first-order valence-corrected chi connectivity index (χ1v) is 6.58. The summed E-state index contributed by atoms with van der Waals surface area (Å²) in [6, 6.07) is 9.39. The zero-order valence-corrected chi connectivity index (χ0v) is 12.2. The predicted molar refractivity (Wildman–Crippen MR) is 76.2 cm³/mol. The maximum Gasteiger partial charge on any atom is 0.220 e. The number of rotatable bonds is 4. The normalized spacial score (nSPS) is 12.6. The molecule has 0 fully saturated rings. The molecule has 1 aromatic rings. The van der Waals surface area contributed by atoms with Crippen LogP contribution in [0.3, 0.4) is 0 Å². The van der Waals surface area contributed by atoms with Crippen LogP contribution < -0.4 is 5.32 Å². The second-order valence-electron chi connectivity index (χ2n) is 6.06. The van der Waals surface area contributed by atoms with E-state index in [0.29, 0.717) is 24.4 Å². The van der Waals surface area contributed by atoms with Gasteiger partial charge >= 0.3 is 0 Å². The van der Waals surface area contributed by atoms with Crippen molar-refractivity contribution in [3.05, 3.63) is 35.4 Å². The van der Waals surface area contributed by atoms with Gasteiger partial charge in [0.25, 0.3) is 0 Å². The van der Waals surface area contributed by atoms with Gasteiger partial charge in [-0.25, -0.2) is 0 Å². The van der Waals surface area contributed by atoms with E-state index in [9.17, 15) is 4.79 Å². The fourth-order valence-corrected chi connectivity index (χ4v) is 1.61. The Morgan fingerprint density at radius 1 is 1.42 bits per heavy atom. The molecule has 0 saturated heterocycles. The molecule has 19 heavy (non-hydrogen) atoms. The van der Waals surface area contributed by atoms with Crippen LogP contribution >= 0.6 is 0 Å². The summed E-state index contributed by atoms with van der Waals surface area (Å²) in [6.07, 6.45) is 0.529. The summed E-state index contributed by atoms with van der Waals surface area (Å²) in [7, 11) is 0. The van der Waals surface area contributed by atoms with Gasteiger partial charge in [0, 0.05) is 13.0 Å². The van der Waals surface area contributed by atoms with E-state index in [4.69, 9.17) is 5.26 Å². The average molecular weight is 258 g/mol. The Bertz CT molecular complexity index is 480. The van der Waals surface area contributed by atoms with Crippen molar-refractivity contribution >= 4 is 5.91 Å². The number of hydrogen-bond donors (Lipinski definition) is 1. The lowest BCUT2D eigenvalue weighted by Crippen LogP contribution is -2.28. The van der Waals surface area contributed by atoms with Crippen LogP contribution in [-0.4, -0.2) is 5.91 Å². The van der Waals surface area contributed by atoms with Crippen molar-refractivity contribution in [2.75, 3.05) is 0 Å². The number of nitrogens with zero attached hydrogens (tertiary/aromatic N) is 1. The average Bonchev–Trinajstić information content (AvgIpc) is 2.35. The molecule has 0 bridgehead atoms. The molecule has 1 amide bonds. The van der Waals surface area contributed by atoms with Gasteiger partial charge in [0.2, 0.25) is 5.91 Å². The van der Waals surface area contributed by atoms with Crippen molar-refractivity contribution in [1.82, 2.24) is 5.32 Å². The van der Waals surface area contributed by atoms with Crippen molar-refractivity contribution in [1.29, 1.82) is 5.26 Å². The van der Waals surface area contributed by atoms with Crippen LogP contribution in [0.15, 0.2) is 24.3 Å². The van der Waals surface area contributed by atoms with E-state index in [0.717, 1.165) is 5.56 Å². The zero-order chi connectivity index (χ0) is 14.5. The minimum absolute atomic E-state index is 0.0600. The van der Waals surface area contributed by atoms with Crippen LogP contribution in [0.25, 0.3) is 0 Å². The highest BCUT2D eigenvalue weighted by Gasteiger charge is 2.22. The SMILES string of the molecule is CC(CC(=O)NCc1cccc(C#N)c1)C(C)(C)C. The quantitative estimate of drug-likeness (QED) is 0.901. The molecule has 1 aromatic carbocycles. The molecule has 0 heterocycles. The molecular weight excluding hydrogens is 236 g/mol. The summed E-state index contributed by atoms with van der Waals surface area (Å²) in [6.45, 7) is 8.99. The Hall–Kier alpha value is -1.82. The van der Waals surface area contributed by atoms with E-state index >= 15 is 0 Å². The highest BCUT2D eigenvalue weighted by Crippen LogP contribution is 2.27. The van der Waals surface area contributed by atoms with Crippen molar-refractivity contribution in [3.63, 3.8) is 0 Å². The first-order valence-electron chi connectivity index (χ1n) is 6.58. The third kappa shape index (κ3) is 5.13. The fraction of sp³-hybridized carbons (Fsp3) is 0.500. The summed E-state index contributed by atoms with van der Waals surface area (Å²) >= 11 is 0. The summed E-state index contributed by atoms with van der Waals surface area (Å²) < 4.78 is 0. The van der Waals surface area contributed by atoms with Gasteiger partial charge in [-0.1, -0.05) is 39.8 Å². The fourth-order valence-electron chi connectivity index (χ4n) is 1.61. The first-order chi connectivity index (χ1) is 8.82. The summed E-state index contributed by atoms with van der Waals surface area (Å²) in [5, 5.41) is 11.7. The van der Waals surface area contributed by atoms with Crippen LogP contribution in [0.5, 0.6) is 0 Å². The molecule has 0 aliphatic carbocycles. The third-order valence-electron chi connectivity index (χ3n) is 3.52. The Morgan fingerprint density at radius 2 is 2.11 bits per heavy atom. The van der Waals surface area contributed by atoms with Crippen LogP contribution in [-0.2, 0) is 11.3 Å². The molecule has 0 saturated carbocycles. The van der Waals surface area contributed by atoms with E-state index in [1.54, 1.807) is 12.1 Å². The third-order valence-corrected chi connectivity index (χ3v) is 3.52. The minimum Gasteiger partial charge on any atom is -0.352 e. The lowest BCUT2D eigenvalue weighted by molar-refractivity contribution is -0.122. The van der Waals surface area contributed by atoms with Crippen LogP contribution in [0.1, 0.15) is 45.2 Å². The van der Waals surface area contributed by atoms with Gasteiger partial charge in [-0.2, -0.15) is 5.26 Å². The second-order valence-corrected chi connectivity index (χ2v) is 6.06. The number of carbonyl (C=O) groups excluding carboxylic acids is 1. The van der Waals surface area contributed by atoms with E-state index in [1.807, 2.05) is 12.1 Å². The largest absolute Gasteiger partial charge is 0.352 e. The van der Waals surface area contributed by atoms with E-state index in [-0.39, 0.29) is 11.3 Å². The predicted octanol–water partition coefficient (Wildman–Crippen LogP) is 3.25. The summed E-state index contributed by atoms with van der Waals surface area (Å²) in [4.78, 5) is 11.9. The maximum atomic E-state index is 11.9. The van der Waals surface area contributed by atoms with Crippen molar-refractivity contribution in [2.24, 2.45) is 11.3 Å². The molecule has 1 rings (SSSR count). The Labute approximate surface area is 115 Å². The van der Waals surface area contributed by atoms with Crippen molar-refractivity contribution in [2.45, 2.75) is 40.7 Å². The van der Waals surface area contributed by atoms with Gasteiger partial charge in [0.05, 0.1) is 11.6 Å². The van der Waals surface area contributed by atoms with Crippen LogP contribution in [0.2, 0.25) is 0 Å². The molecule has 3 heteroatoms. The lowest BCUT2D eigenvalue weighted by Gasteiger charge is -2.26. The molecule has 3 nitrogen and oxygen atoms in total. The molecule has 0 aromatic heterocycles. The van der Waals surface area contributed by atoms with Crippen LogP contribution in [0, 0.1) is 22.7 Å².